The topological polar surface area (TPSA) is 51.0 Å². The molecule has 2 aromatic rings. The predicted octanol–water partition coefficient (Wildman–Crippen LogP) is 2.48. The van der Waals surface area contributed by atoms with Crippen LogP contribution in [0.5, 0.6) is 0 Å². The maximum absolute atomic E-state index is 13.9. The van der Waals surface area contributed by atoms with Gasteiger partial charge in [0.2, 0.25) is 5.89 Å². The van der Waals surface area contributed by atoms with Crippen LogP contribution in [-0.4, -0.2) is 23.8 Å². The molecule has 0 amide bonds. The van der Waals surface area contributed by atoms with E-state index in [9.17, 15) is 8.78 Å². The number of halogens is 2. The Hall–Kier alpha value is -1.82. The van der Waals surface area contributed by atoms with Crippen molar-refractivity contribution in [2.45, 2.75) is 19.8 Å². The van der Waals surface area contributed by atoms with Crippen LogP contribution in [0.4, 0.5) is 8.78 Å². The molecule has 0 saturated carbocycles. The minimum Gasteiger partial charge on any atom is -0.420 e. The van der Waals surface area contributed by atoms with Gasteiger partial charge in [-0.25, -0.2) is 8.78 Å². The average molecular weight is 267 g/mol. The molecule has 0 saturated heterocycles. The van der Waals surface area contributed by atoms with Gasteiger partial charge >= 0.3 is 0 Å². The van der Waals surface area contributed by atoms with Gasteiger partial charge in [0.25, 0.3) is 5.89 Å². The molecular formula is C13H15F2N3O. The van der Waals surface area contributed by atoms with E-state index in [1.807, 2.05) is 7.05 Å². The second-order valence-electron chi connectivity index (χ2n) is 4.26. The van der Waals surface area contributed by atoms with E-state index in [1.54, 1.807) is 6.92 Å². The highest BCUT2D eigenvalue weighted by atomic mass is 19.1. The molecule has 0 bridgehead atoms. The van der Waals surface area contributed by atoms with Gasteiger partial charge in [-0.05, 0) is 38.6 Å². The van der Waals surface area contributed by atoms with Crippen molar-refractivity contribution in [1.82, 2.24) is 15.5 Å². The molecule has 6 heteroatoms. The van der Waals surface area contributed by atoms with E-state index in [2.05, 4.69) is 15.5 Å². The van der Waals surface area contributed by atoms with Crippen molar-refractivity contribution < 1.29 is 13.2 Å². The van der Waals surface area contributed by atoms with Crippen molar-refractivity contribution in [3.05, 3.63) is 35.2 Å². The minimum atomic E-state index is -0.700. The van der Waals surface area contributed by atoms with Gasteiger partial charge in [0, 0.05) is 6.42 Å². The highest BCUT2D eigenvalue weighted by molar-refractivity contribution is 5.56. The zero-order chi connectivity index (χ0) is 13.8. The van der Waals surface area contributed by atoms with Crippen LogP contribution >= 0.6 is 0 Å². The van der Waals surface area contributed by atoms with Crippen LogP contribution in [0.2, 0.25) is 0 Å². The number of benzene rings is 1. The second-order valence-corrected chi connectivity index (χ2v) is 4.26. The smallest absolute Gasteiger partial charge is 0.253 e. The molecule has 4 nitrogen and oxygen atoms in total. The minimum absolute atomic E-state index is 0.113. The number of aromatic nitrogens is 2. The van der Waals surface area contributed by atoms with E-state index >= 15 is 0 Å². The molecule has 0 radical (unpaired) electrons. The van der Waals surface area contributed by atoms with E-state index in [0.717, 1.165) is 13.0 Å². The SMILES string of the molecule is CNCCCc1nnc(-c2c(F)ccc(C)c2F)o1. The first-order valence-electron chi connectivity index (χ1n) is 6.05. The molecule has 0 fully saturated rings. The summed E-state index contributed by atoms with van der Waals surface area (Å²) in [5, 5.41) is 10.5. The molecular weight excluding hydrogens is 252 g/mol. The Morgan fingerprint density at radius 2 is 2.05 bits per heavy atom. The summed E-state index contributed by atoms with van der Waals surface area (Å²) in [6, 6.07) is 2.57. The van der Waals surface area contributed by atoms with Gasteiger partial charge in [0.05, 0.1) is 0 Å². The molecule has 0 aliphatic rings. The van der Waals surface area contributed by atoms with Crippen molar-refractivity contribution in [2.75, 3.05) is 13.6 Å². The van der Waals surface area contributed by atoms with Crippen LogP contribution in [0.3, 0.4) is 0 Å². The Bertz CT molecular complexity index is 569. The van der Waals surface area contributed by atoms with Crippen LogP contribution in [0.1, 0.15) is 17.9 Å². The number of nitrogens with zero attached hydrogens (tertiary/aromatic N) is 2. The molecule has 0 spiro atoms. The van der Waals surface area contributed by atoms with Crippen LogP contribution in [0.15, 0.2) is 16.5 Å². The number of rotatable bonds is 5. The molecule has 0 unspecified atom stereocenters. The van der Waals surface area contributed by atoms with Crippen molar-refractivity contribution in [1.29, 1.82) is 0 Å². The Morgan fingerprint density at radius 3 is 2.79 bits per heavy atom. The van der Waals surface area contributed by atoms with E-state index in [-0.39, 0.29) is 11.5 Å². The lowest BCUT2D eigenvalue weighted by Crippen LogP contribution is -2.08. The lowest BCUT2D eigenvalue weighted by Gasteiger charge is -2.02. The first-order valence-corrected chi connectivity index (χ1v) is 6.05. The molecule has 0 atom stereocenters. The third-order valence-electron chi connectivity index (χ3n) is 2.78. The van der Waals surface area contributed by atoms with E-state index in [1.165, 1.54) is 12.1 Å². The van der Waals surface area contributed by atoms with Gasteiger partial charge < -0.3 is 9.73 Å². The molecule has 19 heavy (non-hydrogen) atoms. The zero-order valence-corrected chi connectivity index (χ0v) is 10.8. The van der Waals surface area contributed by atoms with E-state index < -0.39 is 11.6 Å². The largest absolute Gasteiger partial charge is 0.420 e. The van der Waals surface area contributed by atoms with Crippen molar-refractivity contribution >= 4 is 0 Å². The molecule has 1 N–H and O–H groups in total. The first-order chi connectivity index (χ1) is 9.13. The summed E-state index contributed by atoms with van der Waals surface area (Å²) in [5.74, 6) is -1.09. The lowest BCUT2D eigenvalue weighted by molar-refractivity contribution is 0.485. The first kappa shape index (κ1) is 13.6. The Morgan fingerprint density at radius 1 is 1.26 bits per heavy atom. The number of aryl methyl sites for hydroxylation is 2. The summed E-state index contributed by atoms with van der Waals surface area (Å²) in [7, 11) is 1.84. The summed E-state index contributed by atoms with van der Waals surface area (Å²) >= 11 is 0. The predicted molar refractivity (Wildman–Crippen MR) is 66.6 cm³/mol. The molecule has 1 aromatic carbocycles. The number of hydrogen-bond donors (Lipinski definition) is 1. The van der Waals surface area contributed by atoms with Crippen molar-refractivity contribution in [3.63, 3.8) is 0 Å². The maximum atomic E-state index is 13.9. The third kappa shape index (κ3) is 2.96. The fourth-order valence-electron chi connectivity index (χ4n) is 1.72. The third-order valence-corrected chi connectivity index (χ3v) is 2.78. The monoisotopic (exact) mass is 267 g/mol. The molecule has 2 rings (SSSR count). The average Bonchev–Trinajstić information content (AvgIpc) is 2.83. The molecule has 0 aliphatic heterocycles. The molecule has 1 heterocycles. The molecule has 102 valence electrons. The summed E-state index contributed by atoms with van der Waals surface area (Å²) in [6.07, 6.45) is 1.39. The summed E-state index contributed by atoms with van der Waals surface area (Å²) in [4.78, 5) is 0. The standard InChI is InChI=1S/C13H15F2N3O/c1-8-5-6-9(14)11(12(8)15)13-18-17-10(19-13)4-3-7-16-2/h5-6,16H,3-4,7H2,1-2H3. The normalized spacial score (nSPS) is 10.9. The van der Waals surface area contributed by atoms with Crippen molar-refractivity contribution in [3.8, 4) is 11.5 Å². The Balaban J connectivity index is 2.25. The van der Waals surface area contributed by atoms with Crippen molar-refractivity contribution in [2.24, 2.45) is 0 Å². The van der Waals surface area contributed by atoms with Crippen LogP contribution in [-0.2, 0) is 6.42 Å². The maximum Gasteiger partial charge on any atom is 0.253 e. The Labute approximate surface area is 109 Å². The van der Waals surface area contributed by atoms with Gasteiger partial charge in [-0.1, -0.05) is 6.07 Å². The number of hydrogen-bond acceptors (Lipinski definition) is 4. The van der Waals surface area contributed by atoms with Gasteiger partial charge in [-0.3, -0.25) is 0 Å². The second kappa shape index (κ2) is 5.88. The van der Waals surface area contributed by atoms with Crippen LogP contribution < -0.4 is 5.32 Å². The molecule has 0 aliphatic carbocycles. The van der Waals surface area contributed by atoms with E-state index in [0.29, 0.717) is 17.9 Å². The van der Waals surface area contributed by atoms with Gasteiger partial charge in [0.15, 0.2) is 0 Å². The Kier molecular flexibility index (Phi) is 4.21. The van der Waals surface area contributed by atoms with E-state index in [4.69, 9.17) is 4.42 Å². The highest BCUT2D eigenvalue weighted by Gasteiger charge is 2.19. The van der Waals surface area contributed by atoms with Gasteiger partial charge in [-0.15, -0.1) is 10.2 Å². The summed E-state index contributed by atoms with van der Waals surface area (Å²) in [5.41, 5.74) is 0.0821. The van der Waals surface area contributed by atoms with Crippen LogP contribution in [0, 0.1) is 18.6 Å². The zero-order valence-electron chi connectivity index (χ0n) is 10.8. The molecule has 1 aromatic heterocycles. The van der Waals surface area contributed by atoms with Gasteiger partial charge in [-0.2, -0.15) is 0 Å². The summed E-state index contributed by atoms with van der Waals surface area (Å²) in [6.45, 7) is 2.37. The van der Waals surface area contributed by atoms with Gasteiger partial charge in [0.1, 0.15) is 17.2 Å². The highest BCUT2D eigenvalue weighted by Crippen LogP contribution is 2.27. The quantitative estimate of drug-likeness (QED) is 0.845. The van der Waals surface area contributed by atoms with Crippen LogP contribution in [0.25, 0.3) is 11.5 Å². The number of nitrogens with one attached hydrogen (secondary N) is 1. The lowest BCUT2D eigenvalue weighted by atomic mass is 10.1. The fraction of sp³-hybridized carbons (Fsp3) is 0.385. The fourth-order valence-corrected chi connectivity index (χ4v) is 1.72. The summed E-state index contributed by atoms with van der Waals surface area (Å²) < 4.78 is 32.8.